The number of carbonyl (C=O) groups excluding carboxylic acids is 1. The number of H-pyrrole nitrogens is 1. The molecule has 184 valence electrons. The van der Waals surface area contributed by atoms with Crippen LogP contribution in [0.5, 0.6) is 11.5 Å². The summed E-state index contributed by atoms with van der Waals surface area (Å²) in [6.45, 7) is 3.43. The number of fused-ring (bicyclic) bond motifs is 2. The lowest BCUT2D eigenvalue weighted by Gasteiger charge is -2.29. The number of carbonyl (C=O) groups is 1. The van der Waals surface area contributed by atoms with Gasteiger partial charge < -0.3 is 19.8 Å². The molecule has 2 N–H and O–H groups in total. The van der Waals surface area contributed by atoms with Gasteiger partial charge in [0.25, 0.3) is 5.91 Å². The zero-order valence-electron chi connectivity index (χ0n) is 19.3. The molecule has 35 heavy (non-hydrogen) atoms. The maximum Gasteiger partial charge on any atom is 0.256 e. The van der Waals surface area contributed by atoms with Crippen molar-refractivity contribution >= 4 is 26.8 Å². The van der Waals surface area contributed by atoms with Crippen molar-refractivity contribution in [2.75, 3.05) is 26.2 Å². The maximum atomic E-state index is 13.1. The number of piperidine rings is 1. The van der Waals surface area contributed by atoms with Gasteiger partial charge in [0.05, 0.1) is 11.4 Å². The monoisotopic (exact) mass is 497 g/mol. The van der Waals surface area contributed by atoms with Gasteiger partial charge in [0, 0.05) is 30.2 Å². The molecule has 1 fully saturated rings. The molecule has 1 aromatic heterocycles. The van der Waals surface area contributed by atoms with Crippen molar-refractivity contribution in [2.45, 2.75) is 30.8 Å². The number of rotatable bonds is 5. The molecule has 2 aliphatic rings. The number of benzene rings is 2. The summed E-state index contributed by atoms with van der Waals surface area (Å²) >= 11 is 0. The summed E-state index contributed by atoms with van der Waals surface area (Å²) in [5.74, 6) is 1.15. The van der Waals surface area contributed by atoms with Gasteiger partial charge in [-0.15, -0.1) is 0 Å². The molecule has 1 saturated heterocycles. The van der Waals surface area contributed by atoms with Crippen LogP contribution in [0.3, 0.4) is 0 Å². The van der Waals surface area contributed by atoms with Crippen molar-refractivity contribution in [2.24, 2.45) is 5.92 Å². The van der Waals surface area contributed by atoms with E-state index in [1.165, 1.54) is 22.6 Å². The minimum absolute atomic E-state index is 0.0500. The molecule has 10 heteroatoms. The van der Waals surface area contributed by atoms with Crippen molar-refractivity contribution in [1.82, 2.24) is 14.6 Å². The number of pyridine rings is 1. The van der Waals surface area contributed by atoms with Gasteiger partial charge >= 0.3 is 0 Å². The van der Waals surface area contributed by atoms with E-state index in [2.05, 4.69) is 17.2 Å². The number of ether oxygens (including phenoxy) is 2. The maximum absolute atomic E-state index is 13.1. The van der Waals surface area contributed by atoms with Gasteiger partial charge in [0.2, 0.25) is 15.5 Å². The van der Waals surface area contributed by atoms with Crippen molar-refractivity contribution < 1.29 is 22.7 Å². The van der Waals surface area contributed by atoms with E-state index in [-0.39, 0.29) is 29.0 Å². The molecule has 0 unspecified atom stereocenters. The Balaban J connectivity index is 1.34. The van der Waals surface area contributed by atoms with Gasteiger partial charge in [-0.1, -0.05) is 19.1 Å². The molecule has 0 saturated carbocycles. The zero-order chi connectivity index (χ0) is 24.6. The van der Waals surface area contributed by atoms with E-state index < -0.39 is 27.5 Å². The molecule has 1 amide bonds. The van der Waals surface area contributed by atoms with Gasteiger partial charge in [0.1, 0.15) is 18.3 Å². The predicted octanol–water partition coefficient (Wildman–Crippen LogP) is 2.52. The molecule has 0 bridgehead atoms. The quantitative estimate of drug-likeness (QED) is 0.559. The normalized spacial score (nSPS) is 18.9. The number of sulfonamides is 1. The summed E-state index contributed by atoms with van der Waals surface area (Å²) in [7, 11) is -3.73. The first kappa shape index (κ1) is 23.4. The third kappa shape index (κ3) is 4.63. The predicted molar refractivity (Wildman–Crippen MR) is 130 cm³/mol. The minimum Gasteiger partial charge on any atom is -0.486 e. The highest BCUT2D eigenvalue weighted by molar-refractivity contribution is 7.89. The summed E-state index contributed by atoms with van der Waals surface area (Å²) < 4.78 is 39.2. The van der Waals surface area contributed by atoms with Crippen LogP contribution in [0.1, 0.15) is 30.1 Å². The SMILES string of the molecule is CC1CCN(S(=O)(=O)c2ccc3[nH]cc(C(=O)NC[C@@H]4COc5ccccc5O4)c(=O)c3c2)CC1. The highest BCUT2D eigenvalue weighted by Gasteiger charge is 2.29. The van der Waals surface area contributed by atoms with E-state index in [0.717, 1.165) is 12.8 Å². The molecule has 9 nitrogen and oxygen atoms in total. The largest absolute Gasteiger partial charge is 0.486 e. The third-order valence-corrected chi connectivity index (χ3v) is 8.43. The van der Waals surface area contributed by atoms with Crippen molar-refractivity contribution in [3.8, 4) is 11.5 Å². The summed E-state index contributed by atoms with van der Waals surface area (Å²) in [6.07, 6.45) is 2.55. The molecule has 3 aromatic rings. The van der Waals surface area contributed by atoms with Crippen LogP contribution in [0, 0.1) is 5.92 Å². The number of para-hydroxylation sites is 2. The number of nitrogens with one attached hydrogen (secondary N) is 2. The van der Waals surface area contributed by atoms with E-state index >= 15 is 0 Å². The number of nitrogens with zero attached hydrogens (tertiary/aromatic N) is 1. The summed E-state index contributed by atoms with van der Waals surface area (Å²) in [5.41, 5.74) is -0.180. The van der Waals surface area contributed by atoms with Crippen molar-refractivity contribution in [1.29, 1.82) is 0 Å². The Kier molecular flexibility index (Phi) is 6.24. The summed E-state index contributed by atoms with van der Waals surface area (Å²) in [6, 6.07) is 11.7. The number of aromatic amines is 1. The second-order valence-electron chi connectivity index (χ2n) is 9.03. The topological polar surface area (TPSA) is 118 Å². The fraction of sp³-hybridized carbons (Fsp3) is 0.360. The summed E-state index contributed by atoms with van der Waals surface area (Å²) in [5, 5.41) is 2.86. The average molecular weight is 498 g/mol. The molecular weight excluding hydrogens is 470 g/mol. The zero-order valence-corrected chi connectivity index (χ0v) is 20.1. The van der Waals surface area contributed by atoms with E-state index in [0.29, 0.717) is 36.0 Å². The van der Waals surface area contributed by atoms with Crippen LogP contribution >= 0.6 is 0 Å². The molecular formula is C25H27N3O6S. The standard InChI is InChI=1S/C25H27N3O6S/c1-16-8-10-28(11-9-16)35(31,32)18-6-7-21-19(12-18)24(29)20(14-26-21)25(30)27-13-17-15-33-22-4-2-3-5-23(22)34-17/h2-7,12,14,16-17H,8-11,13,15H2,1H3,(H,26,29)(H,27,30)/t17-/m1/s1. The van der Waals surface area contributed by atoms with Crippen LogP contribution in [0.4, 0.5) is 0 Å². The van der Waals surface area contributed by atoms with Crippen LogP contribution < -0.4 is 20.2 Å². The van der Waals surface area contributed by atoms with Gasteiger partial charge in [-0.2, -0.15) is 4.31 Å². The van der Waals surface area contributed by atoms with Gasteiger partial charge in [0.15, 0.2) is 11.5 Å². The van der Waals surface area contributed by atoms with Crippen LogP contribution in [0.15, 0.2) is 58.4 Å². The number of hydrogen-bond donors (Lipinski definition) is 2. The Labute approximate surface area is 203 Å². The molecule has 1 atom stereocenters. The van der Waals surface area contributed by atoms with Crippen molar-refractivity contribution in [3.05, 3.63) is 64.4 Å². The number of hydrogen-bond acceptors (Lipinski definition) is 6. The number of amides is 1. The smallest absolute Gasteiger partial charge is 0.256 e. The third-order valence-electron chi connectivity index (χ3n) is 6.54. The highest BCUT2D eigenvalue weighted by atomic mass is 32.2. The Bertz CT molecular complexity index is 1430. The second-order valence-corrected chi connectivity index (χ2v) is 11.0. The molecule has 2 aliphatic heterocycles. The first-order valence-electron chi connectivity index (χ1n) is 11.6. The lowest BCUT2D eigenvalue weighted by atomic mass is 10.0. The first-order valence-corrected chi connectivity index (χ1v) is 13.1. The fourth-order valence-corrected chi connectivity index (χ4v) is 5.86. The van der Waals surface area contributed by atoms with Crippen LogP contribution in [0.25, 0.3) is 10.9 Å². The Morgan fingerprint density at radius 3 is 2.66 bits per heavy atom. The van der Waals surface area contributed by atoms with Crippen LogP contribution in [0.2, 0.25) is 0 Å². The van der Waals surface area contributed by atoms with E-state index in [1.807, 2.05) is 12.1 Å². The molecule has 2 aromatic carbocycles. The highest BCUT2D eigenvalue weighted by Crippen LogP contribution is 2.30. The molecule has 0 radical (unpaired) electrons. The Hall–Kier alpha value is -3.37. The lowest BCUT2D eigenvalue weighted by Crippen LogP contribution is -2.41. The van der Waals surface area contributed by atoms with Crippen LogP contribution in [-0.2, 0) is 10.0 Å². The van der Waals surface area contributed by atoms with E-state index in [9.17, 15) is 18.0 Å². The van der Waals surface area contributed by atoms with Gasteiger partial charge in [-0.05, 0) is 49.1 Å². The van der Waals surface area contributed by atoms with E-state index in [1.54, 1.807) is 18.2 Å². The van der Waals surface area contributed by atoms with Crippen LogP contribution in [-0.4, -0.2) is 56.0 Å². The lowest BCUT2D eigenvalue weighted by molar-refractivity contribution is 0.0788. The Morgan fingerprint density at radius 2 is 1.89 bits per heavy atom. The molecule has 0 aliphatic carbocycles. The summed E-state index contributed by atoms with van der Waals surface area (Å²) in [4.78, 5) is 28.9. The molecule has 3 heterocycles. The van der Waals surface area contributed by atoms with Gasteiger partial charge in [-0.25, -0.2) is 8.42 Å². The van der Waals surface area contributed by atoms with Gasteiger partial charge in [-0.3, -0.25) is 9.59 Å². The Morgan fingerprint density at radius 1 is 1.14 bits per heavy atom. The number of aromatic nitrogens is 1. The fourth-order valence-electron chi connectivity index (χ4n) is 4.37. The minimum atomic E-state index is -3.73. The second kappa shape index (κ2) is 9.35. The van der Waals surface area contributed by atoms with E-state index in [4.69, 9.17) is 9.47 Å². The first-order chi connectivity index (χ1) is 16.8. The molecule has 0 spiro atoms. The molecule has 5 rings (SSSR count). The average Bonchev–Trinajstić information content (AvgIpc) is 2.87. The van der Waals surface area contributed by atoms with Crippen molar-refractivity contribution in [3.63, 3.8) is 0 Å².